The number of hydrogen-bond acceptors (Lipinski definition) is 13. The summed E-state index contributed by atoms with van der Waals surface area (Å²) in [4.78, 5) is 21.5. The Morgan fingerprint density at radius 2 is 0.791 bits per heavy atom. The van der Waals surface area contributed by atoms with Crippen molar-refractivity contribution >= 4 is 12.3 Å². The van der Waals surface area contributed by atoms with Crippen LogP contribution in [0.2, 0.25) is 0 Å². The third-order valence-corrected chi connectivity index (χ3v) is 5.13. The number of esters is 1. The molecule has 246 valence electrons. The van der Waals surface area contributed by atoms with E-state index >= 15 is 0 Å². The Labute approximate surface area is 254 Å². The van der Waals surface area contributed by atoms with Crippen molar-refractivity contribution in [3.63, 3.8) is 0 Å². The first-order valence-electron chi connectivity index (χ1n) is 14.4. The van der Waals surface area contributed by atoms with Crippen LogP contribution in [0.4, 0.5) is 0 Å². The summed E-state index contributed by atoms with van der Waals surface area (Å²) in [6.45, 7) is 12.3. The van der Waals surface area contributed by atoms with Crippen LogP contribution in [-0.2, 0) is 52.2 Å². The normalized spacial score (nSPS) is 11.0. The summed E-state index contributed by atoms with van der Waals surface area (Å²) in [6.07, 6.45) is 1.91. The van der Waals surface area contributed by atoms with Crippen molar-refractivity contribution in [2.75, 3.05) is 132 Å². The van der Waals surface area contributed by atoms with Gasteiger partial charge in [0.2, 0.25) is 0 Å². The standard InChI is InChI=1S/C30H48O13/c1-2-30(32)43-26-24-41-22-20-39-18-16-37-14-12-35-10-8-33-7-9-34-11-13-36-15-17-38-19-21-40-23-25-42-29-5-3-28(27-31)4-6-29/h2-6,27H,1,7-26H2. The largest absolute Gasteiger partial charge is 0.491 e. The van der Waals surface area contributed by atoms with Gasteiger partial charge in [0, 0.05) is 11.6 Å². The zero-order valence-corrected chi connectivity index (χ0v) is 25.1. The highest BCUT2D eigenvalue weighted by Crippen LogP contribution is 2.10. The predicted octanol–water partition coefficient (Wildman–Crippen LogP) is 1.76. The second kappa shape index (κ2) is 31.0. The molecule has 0 atom stereocenters. The highest BCUT2D eigenvalue weighted by molar-refractivity contribution is 5.81. The van der Waals surface area contributed by atoms with Gasteiger partial charge in [-0.25, -0.2) is 4.79 Å². The number of ether oxygens (including phenoxy) is 11. The first-order valence-corrected chi connectivity index (χ1v) is 14.4. The molecule has 13 nitrogen and oxygen atoms in total. The predicted molar refractivity (Wildman–Crippen MR) is 156 cm³/mol. The number of carbonyl (C=O) groups is 2. The van der Waals surface area contributed by atoms with E-state index < -0.39 is 5.97 Å². The minimum absolute atomic E-state index is 0.195. The average molecular weight is 617 g/mol. The molecule has 0 aliphatic rings. The number of hydrogen-bond donors (Lipinski definition) is 0. The third-order valence-electron chi connectivity index (χ3n) is 5.13. The maximum Gasteiger partial charge on any atom is 0.330 e. The van der Waals surface area contributed by atoms with E-state index in [0.29, 0.717) is 137 Å². The van der Waals surface area contributed by atoms with E-state index in [1.165, 1.54) is 0 Å². The molecule has 0 radical (unpaired) electrons. The molecular formula is C30H48O13. The topological polar surface area (TPSA) is 136 Å². The molecule has 0 saturated heterocycles. The lowest BCUT2D eigenvalue weighted by Gasteiger charge is -2.09. The van der Waals surface area contributed by atoms with Crippen molar-refractivity contribution < 1.29 is 61.7 Å². The molecule has 1 aromatic carbocycles. The van der Waals surface area contributed by atoms with Crippen LogP contribution in [0.25, 0.3) is 0 Å². The van der Waals surface area contributed by atoms with Gasteiger partial charge in [0.25, 0.3) is 0 Å². The van der Waals surface area contributed by atoms with Crippen LogP contribution >= 0.6 is 0 Å². The molecule has 0 aromatic heterocycles. The van der Waals surface area contributed by atoms with E-state index in [9.17, 15) is 9.59 Å². The fourth-order valence-corrected chi connectivity index (χ4v) is 2.98. The molecule has 0 aliphatic carbocycles. The number of rotatable bonds is 33. The fraction of sp³-hybridized carbons (Fsp3) is 0.667. The first-order chi connectivity index (χ1) is 21.3. The Balaban J connectivity index is 1.65. The lowest BCUT2D eigenvalue weighted by atomic mass is 10.2. The molecule has 0 spiro atoms. The van der Waals surface area contributed by atoms with Gasteiger partial charge in [-0.2, -0.15) is 0 Å². The van der Waals surface area contributed by atoms with Gasteiger partial charge in [-0.15, -0.1) is 0 Å². The van der Waals surface area contributed by atoms with Crippen molar-refractivity contribution in [2.24, 2.45) is 0 Å². The molecule has 1 aromatic rings. The zero-order valence-electron chi connectivity index (χ0n) is 25.1. The summed E-state index contributed by atoms with van der Waals surface area (Å²) < 4.78 is 59.1. The van der Waals surface area contributed by atoms with Gasteiger partial charge < -0.3 is 52.1 Å². The van der Waals surface area contributed by atoms with Crippen molar-refractivity contribution in [1.29, 1.82) is 0 Å². The zero-order chi connectivity index (χ0) is 30.9. The Hall–Kier alpha value is -2.46. The van der Waals surface area contributed by atoms with Crippen LogP contribution in [-0.4, -0.2) is 144 Å². The molecule has 13 heteroatoms. The maximum absolute atomic E-state index is 10.8. The lowest BCUT2D eigenvalue weighted by Crippen LogP contribution is -2.15. The highest BCUT2D eigenvalue weighted by Gasteiger charge is 1.98. The fourth-order valence-electron chi connectivity index (χ4n) is 2.98. The van der Waals surface area contributed by atoms with E-state index in [4.69, 9.17) is 52.1 Å². The summed E-state index contributed by atoms with van der Waals surface area (Å²) in [5.74, 6) is 0.238. The molecule has 1 rings (SSSR count). The van der Waals surface area contributed by atoms with Crippen molar-refractivity contribution in [2.45, 2.75) is 0 Å². The van der Waals surface area contributed by atoms with E-state index in [2.05, 4.69) is 6.58 Å². The van der Waals surface area contributed by atoms with Gasteiger partial charge >= 0.3 is 5.97 Å². The Morgan fingerprint density at radius 1 is 0.488 bits per heavy atom. The molecular weight excluding hydrogens is 568 g/mol. The summed E-state index contributed by atoms with van der Waals surface area (Å²) in [6, 6.07) is 6.92. The molecule has 0 heterocycles. The molecule has 43 heavy (non-hydrogen) atoms. The minimum Gasteiger partial charge on any atom is -0.491 e. The monoisotopic (exact) mass is 616 g/mol. The first kappa shape index (κ1) is 38.6. The molecule has 0 bridgehead atoms. The van der Waals surface area contributed by atoms with Crippen molar-refractivity contribution in [3.8, 4) is 5.75 Å². The molecule has 0 fully saturated rings. The van der Waals surface area contributed by atoms with Crippen molar-refractivity contribution in [1.82, 2.24) is 0 Å². The SMILES string of the molecule is C=CC(=O)OCCOCCOCCOCCOCCOCCOCCOCCOCCOCCOc1ccc(C=O)cc1. The van der Waals surface area contributed by atoms with Gasteiger partial charge in [-0.05, 0) is 24.3 Å². The van der Waals surface area contributed by atoms with E-state index in [1.54, 1.807) is 24.3 Å². The summed E-state index contributed by atoms with van der Waals surface area (Å²) in [7, 11) is 0. The van der Waals surface area contributed by atoms with Gasteiger partial charge in [-0.1, -0.05) is 6.58 Å². The van der Waals surface area contributed by atoms with E-state index in [0.717, 1.165) is 12.4 Å². The third kappa shape index (κ3) is 26.9. The summed E-state index contributed by atoms with van der Waals surface area (Å²) in [5, 5.41) is 0. The number of benzene rings is 1. The summed E-state index contributed by atoms with van der Waals surface area (Å²) in [5.41, 5.74) is 0.615. The second-order valence-electron chi connectivity index (χ2n) is 8.42. The Kier molecular flexibility index (Phi) is 27.8. The molecule has 0 N–H and O–H groups in total. The van der Waals surface area contributed by atoms with E-state index in [1.807, 2.05) is 0 Å². The van der Waals surface area contributed by atoms with Crippen LogP contribution in [0.5, 0.6) is 5.75 Å². The maximum atomic E-state index is 10.8. The van der Waals surface area contributed by atoms with E-state index in [-0.39, 0.29) is 6.61 Å². The quantitative estimate of drug-likeness (QED) is 0.0492. The van der Waals surface area contributed by atoms with Crippen LogP contribution in [0.3, 0.4) is 0 Å². The molecule has 0 aliphatic heterocycles. The molecule has 0 saturated carbocycles. The average Bonchev–Trinajstić information content (AvgIpc) is 3.03. The van der Waals surface area contributed by atoms with Crippen LogP contribution < -0.4 is 4.74 Å². The van der Waals surface area contributed by atoms with Gasteiger partial charge in [0.15, 0.2) is 0 Å². The molecule has 0 unspecified atom stereocenters. The molecule has 0 amide bonds. The second-order valence-corrected chi connectivity index (χ2v) is 8.42. The van der Waals surface area contributed by atoms with Crippen LogP contribution in [0, 0.1) is 0 Å². The highest BCUT2D eigenvalue weighted by atomic mass is 16.6. The Bertz CT molecular complexity index is 776. The summed E-state index contributed by atoms with van der Waals surface area (Å²) >= 11 is 0. The van der Waals surface area contributed by atoms with Gasteiger partial charge in [0.05, 0.1) is 119 Å². The van der Waals surface area contributed by atoms with Crippen molar-refractivity contribution in [3.05, 3.63) is 42.5 Å². The number of aldehydes is 1. The lowest BCUT2D eigenvalue weighted by molar-refractivity contribution is -0.139. The number of carbonyl (C=O) groups excluding carboxylic acids is 2. The minimum atomic E-state index is -0.462. The smallest absolute Gasteiger partial charge is 0.330 e. The van der Waals surface area contributed by atoms with Gasteiger partial charge in [0.1, 0.15) is 25.2 Å². The van der Waals surface area contributed by atoms with Crippen LogP contribution in [0.15, 0.2) is 36.9 Å². The van der Waals surface area contributed by atoms with Crippen LogP contribution in [0.1, 0.15) is 10.4 Å². The van der Waals surface area contributed by atoms with Gasteiger partial charge in [-0.3, -0.25) is 4.79 Å². The Morgan fingerprint density at radius 3 is 1.09 bits per heavy atom.